The smallest absolute Gasteiger partial charge is 0.322 e. The Morgan fingerprint density at radius 2 is 1.53 bits per heavy atom. The highest BCUT2D eigenvalue weighted by atomic mass is 19.4. The van der Waals surface area contributed by atoms with Crippen LogP contribution >= 0.6 is 0 Å². The topological polar surface area (TPSA) is 32.9 Å². The van der Waals surface area contributed by atoms with Crippen LogP contribution in [0.2, 0.25) is 0 Å². The summed E-state index contributed by atoms with van der Waals surface area (Å²) < 4.78 is 75.8. The van der Waals surface area contributed by atoms with Crippen LogP contribution in [0.3, 0.4) is 0 Å². The van der Waals surface area contributed by atoms with Gasteiger partial charge in [-0.3, -0.25) is 4.79 Å². The quantitative estimate of drug-likeness (QED) is 0.736. The molecule has 102 valence electrons. The second-order valence-electron chi connectivity index (χ2n) is 3.80. The van der Waals surface area contributed by atoms with Crippen LogP contribution in [0.1, 0.15) is 11.1 Å². The second-order valence-corrected chi connectivity index (χ2v) is 3.80. The van der Waals surface area contributed by atoms with Gasteiger partial charge in [-0.25, -0.2) is 0 Å². The monoisotopic (exact) mass is 281 g/mol. The average Bonchev–Trinajstić information content (AvgIpc) is 2.24. The molecular weight excluding hydrogens is 276 g/mol. The van der Waals surface area contributed by atoms with Gasteiger partial charge in [-0.05, 0) is 18.2 Å². The van der Waals surface area contributed by atoms with Gasteiger partial charge in [-0.2, -0.15) is 26.3 Å². The van der Waals surface area contributed by atoms with Crippen molar-refractivity contribution in [1.82, 2.24) is 4.98 Å². The first kappa shape index (κ1) is 13.4. The van der Waals surface area contributed by atoms with E-state index in [9.17, 15) is 31.1 Å². The fraction of sp³-hybridized carbons (Fsp3) is 0.182. The van der Waals surface area contributed by atoms with Gasteiger partial charge in [-0.1, -0.05) is 0 Å². The third kappa shape index (κ3) is 2.56. The van der Waals surface area contributed by atoms with E-state index in [-0.39, 0.29) is 6.07 Å². The Morgan fingerprint density at radius 3 is 2.05 bits per heavy atom. The Morgan fingerprint density at radius 1 is 0.895 bits per heavy atom. The van der Waals surface area contributed by atoms with Crippen LogP contribution in [0.4, 0.5) is 26.3 Å². The van der Waals surface area contributed by atoms with Gasteiger partial charge in [-0.15, -0.1) is 0 Å². The van der Waals surface area contributed by atoms with E-state index in [4.69, 9.17) is 0 Å². The molecule has 1 aromatic heterocycles. The first-order valence-corrected chi connectivity index (χ1v) is 4.90. The van der Waals surface area contributed by atoms with E-state index in [1.807, 2.05) is 4.98 Å². The molecule has 0 unspecified atom stereocenters. The van der Waals surface area contributed by atoms with Crippen molar-refractivity contribution >= 4 is 10.9 Å². The lowest BCUT2D eigenvalue weighted by molar-refractivity contribution is -0.142. The zero-order valence-electron chi connectivity index (χ0n) is 8.99. The van der Waals surface area contributed by atoms with Gasteiger partial charge < -0.3 is 4.98 Å². The summed E-state index contributed by atoms with van der Waals surface area (Å²) in [6.45, 7) is 0. The maximum absolute atomic E-state index is 12.7. The molecule has 8 heteroatoms. The second kappa shape index (κ2) is 4.01. The Kier molecular flexibility index (Phi) is 2.83. The zero-order chi connectivity index (χ0) is 14.4. The number of alkyl halides is 6. The van der Waals surface area contributed by atoms with Gasteiger partial charge in [0.15, 0.2) is 0 Å². The first-order valence-electron chi connectivity index (χ1n) is 4.90. The van der Waals surface area contributed by atoms with E-state index >= 15 is 0 Å². The number of pyridine rings is 1. The largest absolute Gasteiger partial charge is 0.417 e. The third-order valence-electron chi connectivity index (χ3n) is 2.47. The normalized spacial score (nSPS) is 12.9. The molecule has 2 rings (SSSR count). The highest BCUT2D eigenvalue weighted by Crippen LogP contribution is 2.39. The predicted molar refractivity (Wildman–Crippen MR) is 54.6 cm³/mol. The Balaban J connectivity index is 2.88. The van der Waals surface area contributed by atoms with E-state index < -0.39 is 39.9 Å². The molecule has 0 radical (unpaired) electrons. The number of hydrogen-bond donors (Lipinski definition) is 1. The van der Waals surface area contributed by atoms with E-state index in [1.54, 1.807) is 0 Å². The van der Waals surface area contributed by atoms with E-state index in [1.165, 1.54) is 0 Å². The average molecular weight is 281 g/mol. The fourth-order valence-electron chi connectivity index (χ4n) is 1.67. The molecule has 1 heterocycles. The lowest BCUT2D eigenvalue weighted by Crippen LogP contribution is -2.13. The number of H-pyrrole nitrogens is 1. The van der Waals surface area contributed by atoms with Crippen LogP contribution in [0.25, 0.3) is 10.9 Å². The minimum absolute atomic E-state index is 0.0284. The summed E-state index contributed by atoms with van der Waals surface area (Å²) in [4.78, 5) is 12.9. The van der Waals surface area contributed by atoms with Crippen LogP contribution in [-0.4, -0.2) is 4.98 Å². The van der Waals surface area contributed by atoms with Gasteiger partial charge >= 0.3 is 12.4 Å². The van der Waals surface area contributed by atoms with Crippen LogP contribution in [0.5, 0.6) is 0 Å². The summed E-state index contributed by atoms with van der Waals surface area (Å²) in [5, 5.41) is -0.486. The van der Waals surface area contributed by atoms with Gasteiger partial charge in [0.05, 0.1) is 11.1 Å². The Labute approximate surface area is 101 Å². The summed E-state index contributed by atoms with van der Waals surface area (Å²) in [6.07, 6.45) is -9.88. The molecule has 0 aliphatic carbocycles. The van der Waals surface area contributed by atoms with Crippen molar-refractivity contribution in [2.24, 2.45) is 0 Å². The number of fused-ring (bicyclic) bond motifs is 1. The molecule has 0 fully saturated rings. The SMILES string of the molecule is O=c1ccc2c(C(F)(F)F)cc(C(F)(F)F)cc2[nH]1. The minimum Gasteiger partial charge on any atom is -0.322 e. The van der Waals surface area contributed by atoms with Crippen molar-refractivity contribution < 1.29 is 26.3 Å². The van der Waals surface area contributed by atoms with Crippen LogP contribution in [0.15, 0.2) is 29.1 Å². The Hall–Kier alpha value is -1.99. The van der Waals surface area contributed by atoms with Crippen molar-refractivity contribution in [3.63, 3.8) is 0 Å². The number of hydrogen-bond acceptors (Lipinski definition) is 1. The standard InChI is InChI=1S/C11H5F6NO/c12-10(13,14)5-3-7(11(15,16)17)6-1-2-9(19)18-8(6)4-5/h1-4H,(H,18,19). The molecule has 0 amide bonds. The summed E-state index contributed by atoms with van der Waals surface area (Å²) >= 11 is 0. The molecule has 0 spiro atoms. The maximum Gasteiger partial charge on any atom is 0.417 e. The molecule has 0 aliphatic heterocycles. The summed E-state index contributed by atoms with van der Waals surface area (Å²) in [5.74, 6) is 0. The van der Waals surface area contributed by atoms with Crippen molar-refractivity contribution in [1.29, 1.82) is 0 Å². The maximum atomic E-state index is 12.7. The van der Waals surface area contributed by atoms with Gasteiger partial charge in [0.25, 0.3) is 0 Å². The van der Waals surface area contributed by atoms with Crippen molar-refractivity contribution in [3.8, 4) is 0 Å². The van der Waals surface area contributed by atoms with Gasteiger partial charge in [0.1, 0.15) is 0 Å². The number of rotatable bonds is 0. The molecule has 19 heavy (non-hydrogen) atoms. The molecule has 0 atom stereocenters. The summed E-state index contributed by atoms with van der Waals surface area (Å²) in [6, 6.07) is 2.18. The summed E-state index contributed by atoms with van der Waals surface area (Å²) in [7, 11) is 0. The van der Waals surface area contributed by atoms with E-state index in [0.717, 1.165) is 12.1 Å². The molecule has 0 aliphatic rings. The number of benzene rings is 1. The van der Waals surface area contributed by atoms with Crippen molar-refractivity contribution in [2.45, 2.75) is 12.4 Å². The number of aromatic amines is 1. The third-order valence-corrected chi connectivity index (χ3v) is 2.47. The van der Waals surface area contributed by atoms with E-state index in [2.05, 4.69) is 0 Å². The molecule has 0 saturated heterocycles. The summed E-state index contributed by atoms with van der Waals surface area (Å²) in [5.41, 5.74) is -4.18. The number of aromatic nitrogens is 1. The molecule has 2 nitrogen and oxygen atoms in total. The lowest BCUT2D eigenvalue weighted by atomic mass is 10.0. The van der Waals surface area contributed by atoms with Gasteiger partial charge in [0, 0.05) is 17.0 Å². The molecule has 1 N–H and O–H groups in total. The highest BCUT2D eigenvalue weighted by Gasteiger charge is 2.38. The molecular formula is C11H5F6NO. The first-order chi connectivity index (χ1) is 8.59. The van der Waals surface area contributed by atoms with Crippen LogP contribution in [-0.2, 0) is 12.4 Å². The molecule has 0 bridgehead atoms. The molecule has 1 aromatic carbocycles. The Bertz CT molecular complexity index is 682. The van der Waals surface area contributed by atoms with Crippen molar-refractivity contribution in [3.05, 3.63) is 45.7 Å². The van der Waals surface area contributed by atoms with Crippen molar-refractivity contribution in [2.75, 3.05) is 0 Å². The predicted octanol–water partition coefficient (Wildman–Crippen LogP) is 3.57. The van der Waals surface area contributed by atoms with Crippen LogP contribution < -0.4 is 5.56 Å². The molecule has 0 saturated carbocycles. The number of halogens is 6. The fourth-order valence-corrected chi connectivity index (χ4v) is 1.67. The molecule has 2 aromatic rings. The van der Waals surface area contributed by atoms with E-state index in [0.29, 0.717) is 6.07 Å². The zero-order valence-corrected chi connectivity index (χ0v) is 8.99. The highest BCUT2D eigenvalue weighted by molar-refractivity contribution is 5.83. The lowest BCUT2D eigenvalue weighted by Gasteiger charge is -2.14. The number of nitrogens with one attached hydrogen (secondary N) is 1. The van der Waals surface area contributed by atoms with Gasteiger partial charge in [0.2, 0.25) is 5.56 Å². The van der Waals surface area contributed by atoms with Crippen LogP contribution in [0, 0.1) is 0 Å². The minimum atomic E-state index is -4.95.